The third kappa shape index (κ3) is 5.82. The second-order valence-electron chi connectivity index (χ2n) is 15.7. The Morgan fingerprint density at radius 1 is 0.344 bits per heavy atom. The van der Waals surface area contributed by atoms with Crippen molar-refractivity contribution in [3.63, 3.8) is 0 Å². The van der Waals surface area contributed by atoms with Crippen molar-refractivity contribution in [1.29, 1.82) is 0 Å². The molecule has 286 valence electrons. The number of para-hydroxylation sites is 4. The minimum atomic E-state index is 0.896. The molecule has 12 aromatic rings. The van der Waals surface area contributed by atoms with Gasteiger partial charge >= 0.3 is 0 Å². The summed E-state index contributed by atoms with van der Waals surface area (Å²) < 4.78 is 9.03. The summed E-state index contributed by atoms with van der Waals surface area (Å²) in [4.78, 5) is 2.41. The van der Waals surface area contributed by atoms with Gasteiger partial charge in [-0.1, -0.05) is 170 Å². The van der Waals surface area contributed by atoms with Crippen molar-refractivity contribution in [3.8, 4) is 39.1 Å². The van der Waals surface area contributed by atoms with Crippen molar-refractivity contribution in [1.82, 2.24) is 4.57 Å². The summed E-state index contributed by atoms with van der Waals surface area (Å²) in [5, 5.41) is 7.09. The molecule has 0 N–H and O–H groups in total. The summed E-state index contributed by atoms with van der Waals surface area (Å²) in [6.45, 7) is 0. The fourth-order valence-electron chi connectivity index (χ4n) is 9.35. The first-order chi connectivity index (χ1) is 30.3. The van der Waals surface area contributed by atoms with Crippen LogP contribution in [0.4, 0.5) is 17.1 Å². The topological polar surface area (TPSA) is 21.3 Å². The van der Waals surface area contributed by atoms with Crippen LogP contribution < -0.4 is 4.90 Å². The molecule has 0 aliphatic heterocycles. The first-order valence-corrected chi connectivity index (χ1v) is 20.8. The summed E-state index contributed by atoms with van der Waals surface area (Å²) in [6, 6.07) is 83.0. The maximum atomic E-state index is 6.56. The van der Waals surface area contributed by atoms with Crippen LogP contribution >= 0.6 is 0 Å². The molecule has 3 nitrogen and oxygen atoms in total. The van der Waals surface area contributed by atoms with E-state index in [0.717, 1.165) is 72.5 Å². The van der Waals surface area contributed by atoms with Gasteiger partial charge in [-0.15, -0.1) is 0 Å². The number of fused-ring (bicyclic) bond motifs is 7. The maximum Gasteiger partial charge on any atom is 0.143 e. The van der Waals surface area contributed by atoms with E-state index in [2.05, 4.69) is 228 Å². The summed E-state index contributed by atoms with van der Waals surface area (Å²) in [5.74, 6) is 0. The molecule has 61 heavy (non-hydrogen) atoms. The quantitative estimate of drug-likeness (QED) is 0.161. The fraction of sp³-hybridized carbons (Fsp3) is 0. The van der Waals surface area contributed by atoms with E-state index in [1.807, 2.05) is 12.1 Å². The van der Waals surface area contributed by atoms with Crippen LogP contribution in [0.3, 0.4) is 0 Å². The second-order valence-corrected chi connectivity index (χ2v) is 15.7. The van der Waals surface area contributed by atoms with Gasteiger partial charge < -0.3 is 13.9 Å². The normalized spacial score (nSPS) is 11.6. The first kappa shape index (κ1) is 34.9. The summed E-state index contributed by atoms with van der Waals surface area (Å²) >= 11 is 0. The highest BCUT2D eigenvalue weighted by Crippen LogP contribution is 2.46. The average Bonchev–Trinajstić information content (AvgIpc) is 3.88. The lowest BCUT2D eigenvalue weighted by molar-refractivity contribution is 0.670. The smallest absolute Gasteiger partial charge is 0.143 e. The number of furan rings is 1. The largest absolute Gasteiger partial charge is 0.455 e. The highest BCUT2D eigenvalue weighted by molar-refractivity contribution is 6.12. The van der Waals surface area contributed by atoms with Gasteiger partial charge in [0.15, 0.2) is 0 Å². The zero-order valence-electron chi connectivity index (χ0n) is 33.2. The molecule has 0 unspecified atom stereocenters. The Morgan fingerprint density at radius 2 is 0.967 bits per heavy atom. The molecule has 0 bridgehead atoms. The Balaban J connectivity index is 1.11. The molecule has 0 saturated heterocycles. The molecule has 10 aromatic carbocycles. The lowest BCUT2D eigenvalue weighted by Gasteiger charge is -2.28. The van der Waals surface area contributed by atoms with E-state index in [0.29, 0.717) is 0 Å². The van der Waals surface area contributed by atoms with Crippen molar-refractivity contribution < 1.29 is 4.42 Å². The Kier molecular flexibility index (Phi) is 8.17. The van der Waals surface area contributed by atoms with E-state index >= 15 is 0 Å². The molecule has 0 saturated carbocycles. The fourth-order valence-corrected chi connectivity index (χ4v) is 9.35. The number of anilines is 3. The molecule has 0 atom stereocenters. The lowest BCUT2D eigenvalue weighted by atomic mass is 9.95. The molecule has 0 aliphatic rings. The molecule has 2 heterocycles. The Labute approximate surface area is 353 Å². The van der Waals surface area contributed by atoms with E-state index in [1.165, 1.54) is 38.2 Å². The van der Waals surface area contributed by atoms with Gasteiger partial charge in [0.05, 0.1) is 22.4 Å². The molecule has 2 aromatic heterocycles. The standard InChI is InChI=1S/C58H38N2O/c1-4-17-39(18-5-1)51-36-43(46-27-16-28-50-49-26-13-15-30-57(49)61-58(46)50)31-34-54(51)59(44-23-8-3-9-24-44)45-32-33-48-47-25-12-14-29-53(47)60(56(48)38-45)55-37-42-22-11-10-21-41(42)35-52(55)40-19-6-2-7-20-40/h1-38H. The summed E-state index contributed by atoms with van der Waals surface area (Å²) in [5.41, 5.74) is 15.3. The Morgan fingerprint density at radius 3 is 1.75 bits per heavy atom. The zero-order valence-corrected chi connectivity index (χ0v) is 33.2. The van der Waals surface area contributed by atoms with Crippen molar-refractivity contribution in [2.75, 3.05) is 4.90 Å². The molecule has 0 fully saturated rings. The monoisotopic (exact) mass is 778 g/mol. The van der Waals surface area contributed by atoms with Gasteiger partial charge in [-0.3, -0.25) is 0 Å². The predicted molar refractivity (Wildman–Crippen MR) is 257 cm³/mol. The van der Waals surface area contributed by atoms with Crippen molar-refractivity contribution >= 4 is 71.6 Å². The molecule has 0 radical (unpaired) electrons. The van der Waals surface area contributed by atoms with E-state index in [9.17, 15) is 0 Å². The van der Waals surface area contributed by atoms with Crippen LogP contribution in [0.5, 0.6) is 0 Å². The molecule has 0 amide bonds. The van der Waals surface area contributed by atoms with Crippen molar-refractivity contribution in [2.24, 2.45) is 0 Å². The minimum Gasteiger partial charge on any atom is -0.455 e. The van der Waals surface area contributed by atoms with Gasteiger partial charge in [0.1, 0.15) is 11.2 Å². The van der Waals surface area contributed by atoms with Gasteiger partial charge in [-0.2, -0.15) is 0 Å². The van der Waals surface area contributed by atoms with E-state index in [-0.39, 0.29) is 0 Å². The molecular formula is C58H38N2O. The van der Waals surface area contributed by atoms with Crippen LogP contribution in [-0.2, 0) is 0 Å². The van der Waals surface area contributed by atoms with Crippen LogP contribution in [0.1, 0.15) is 0 Å². The number of hydrogen-bond acceptors (Lipinski definition) is 2. The zero-order chi connectivity index (χ0) is 40.3. The lowest BCUT2D eigenvalue weighted by Crippen LogP contribution is -2.11. The molecule has 0 spiro atoms. The van der Waals surface area contributed by atoms with Crippen molar-refractivity contribution in [2.45, 2.75) is 0 Å². The first-order valence-electron chi connectivity index (χ1n) is 20.8. The molecule has 0 aliphatic carbocycles. The third-order valence-corrected chi connectivity index (χ3v) is 12.2. The van der Waals surface area contributed by atoms with Crippen LogP contribution in [0.15, 0.2) is 235 Å². The number of nitrogens with zero attached hydrogens (tertiary/aromatic N) is 2. The highest BCUT2D eigenvalue weighted by atomic mass is 16.3. The summed E-state index contributed by atoms with van der Waals surface area (Å²) in [7, 11) is 0. The molecule has 12 rings (SSSR count). The average molecular weight is 779 g/mol. The highest BCUT2D eigenvalue weighted by Gasteiger charge is 2.23. The predicted octanol–water partition coefficient (Wildman–Crippen LogP) is 16.3. The van der Waals surface area contributed by atoms with Gasteiger partial charge in [0.25, 0.3) is 0 Å². The van der Waals surface area contributed by atoms with E-state index in [1.54, 1.807) is 0 Å². The van der Waals surface area contributed by atoms with Gasteiger partial charge in [0.2, 0.25) is 0 Å². The molecule has 3 heteroatoms. The van der Waals surface area contributed by atoms with Gasteiger partial charge in [-0.05, 0) is 88.1 Å². The maximum absolute atomic E-state index is 6.56. The number of benzene rings is 10. The third-order valence-electron chi connectivity index (χ3n) is 12.2. The van der Waals surface area contributed by atoms with Gasteiger partial charge in [0, 0.05) is 49.6 Å². The van der Waals surface area contributed by atoms with Crippen LogP contribution in [0, 0.1) is 0 Å². The number of rotatable bonds is 7. The molecular weight excluding hydrogens is 741 g/mol. The van der Waals surface area contributed by atoms with E-state index in [4.69, 9.17) is 4.42 Å². The van der Waals surface area contributed by atoms with E-state index < -0.39 is 0 Å². The van der Waals surface area contributed by atoms with Crippen LogP contribution in [0.25, 0.3) is 93.6 Å². The Bertz CT molecular complexity index is 3580. The minimum absolute atomic E-state index is 0.896. The Hall–Kier alpha value is -8.14. The second kappa shape index (κ2) is 14.3. The number of hydrogen-bond donors (Lipinski definition) is 0. The summed E-state index contributed by atoms with van der Waals surface area (Å²) in [6.07, 6.45) is 0. The SMILES string of the molecule is c1ccc(-c2cc(-c3cccc4c3oc3ccccc34)ccc2N(c2ccccc2)c2ccc3c4ccccc4n(-c4cc5ccccc5cc4-c4ccccc4)c3c2)cc1. The van der Waals surface area contributed by atoms with Crippen molar-refractivity contribution in [3.05, 3.63) is 231 Å². The van der Waals surface area contributed by atoms with Gasteiger partial charge in [-0.25, -0.2) is 0 Å². The number of aromatic nitrogens is 1. The van der Waals surface area contributed by atoms with Crippen LogP contribution in [0.2, 0.25) is 0 Å². The van der Waals surface area contributed by atoms with Crippen LogP contribution in [-0.4, -0.2) is 4.57 Å².